The molecule has 0 radical (unpaired) electrons. The van der Waals surface area contributed by atoms with E-state index in [2.05, 4.69) is 23.9 Å². The number of rotatable bonds is 3. The molecule has 0 atom stereocenters. The van der Waals surface area contributed by atoms with E-state index >= 15 is 0 Å². The standard InChI is InChI=1S/C22H18N4O3S/c1-12(2)14-5-3-13(4-6-14)9-16-19(23)26-22(24-20(16)27)30-21(25-26)15-7-8-17-18(10-15)29-11-28-17/h3-10,12,23H,11H2,1-2H3. The summed E-state index contributed by atoms with van der Waals surface area (Å²) in [6.45, 7) is 4.46. The van der Waals surface area contributed by atoms with Gasteiger partial charge in [0, 0.05) is 5.56 Å². The van der Waals surface area contributed by atoms with Crippen LogP contribution in [0, 0.1) is 5.41 Å². The van der Waals surface area contributed by atoms with Gasteiger partial charge in [0.05, 0.1) is 5.57 Å². The fourth-order valence-electron chi connectivity index (χ4n) is 3.28. The van der Waals surface area contributed by atoms with E-state index in [1.54, 1.807) is 6.08 Å². The summed E-state index contributed by atoms with van der Waals surface area (Å²) >= 11 is 1.25. The molecule has 3 heterocycles. The van der Waals surface area contributed by atoms with Gasteiger partial charge in [-0.2, -0.15) is 15.1 Å². The lowest BCUT2D eigenvalue weighted by molar-refractivity contribution is -0.114. The third kappa shape index (κ3) is 3.19. The molecule has 5 rings (SSSR count). The average Bonchev–Trinajstić information content (AvgIpc) is 3.37. The molecule has 1 N–H and O–H groups in total. The van der Waals surface area contributed by atoms with Crippen molar-refractivity contribution in [3.05, 3.63) is 64.7 Å². The molecule has 7 nitrogen and oxygen atoms in total. The summed E-state index contributed by atoms with van der Waals surface area (Å²) in [5.74, 6) is 1.35. The number of aliphatic imine (C=N–C) groups is 1. The van der Waals surface area contributed by atoms with Crippen LogP contribution in [0.2, 0.25) is 0 Å². The first kappa shape index (κ1) is 18.6. The molecule has 0 aromatic heterocycles. The highest BCUT2D eigenvalue weighted by molar-refractivity contribution is 8.27. The van der Waals surface area contributed by atoms with Crippen molar-refractivity contribution in [2.24, 2.45) is 10.1 Å². The molecule has 0 saturated carbocycles. The van der Waals surface area contributed by atoms with Crippen molar-refractivity contribution >= 4 is 39.8 Å². The molecular formula is C22H18N4O3S. The maximum Gasteiger partial charge on any atom is 0.283 e. The van der Waals surface area contributed by atoms with Gasteiger partial charge in [-0.1, -0.05) is 38.1 Å². The Morgan fingerprint density at radius 1 is 1.13 bits per heavy atom. The van der Waals surface area contributed by atoms with Crippen molar-refractivity contribution < 1.29 is 14.3 Å². The number of carbonyl (C=O) groups is 1. The summed E-state index contributed by atoms with van der Waals surface area (Å²) < 4.78 is 10.8. The lowest BCUT2D eigenvalue weighted by Crippen LogP contribution is -2.35. The Balaban J connectivity index is 1.44. The molecule has 0 fully saturated rings. The average molecular weight is 418 g/mol. The van der Waals surface area contributed by atoms with Gasteiger partial charge in [0.15, 0.2) is 17.3 Å². The number of thioether (sulfide) groups is 1. The van der Waals surface area contributed by atoms with Gasteiger partial charge in [-0.3, -0.25) is 10.2 Å². The summed E-state index contributed by atoms with van der Waals surface area (Å²) in [4.78, 5) is 16.8. The lowest BCUT2D eigenvalue weighted by atomic mass is 10.0. The first-order valence-corrected chi connectivity index (χ1v) is 10.3. The second-order valence-electron chi connectivity index (χ2n) is 7.31. The maximum atomic E-state index is 12.6. The molecule has 3 aliphatic heterocycles. The summed E-state index contributed by atoms with van der Waals surface area (Å²) in [6.07, 6.45) is 1.69. The van der Waals surface area contributed by atoms with Gasteiger partial charge in [0.25, 0.3) is 5.91 Å². The van der Waals surface area contributed by atoms with Crippen LogP contribution in [0.5, 0.6) is 11.5 Å². The number of hydrazone groups is 1. The van der Waals surface area contributed by atoms with Gasteiger partial charge in [-0.25, -0.2) is 0 Å². The van der Waals surface area contributed by atoms with Gasteiger partial charge < -0.3 is 9.47 Å². The molecule has 2 aromatic rings. The fourth-order valence-corrected chi connectivity index (χ4v) is 4.17. The van der Waals surface area contributed by atoms with E-state index in [-0.39, 0.29) is 18.2 Å². The summed E-state index contributed by atoms with van der Waals surface area (Å²) in [7, 11) is 0. The second-order valence-corrected chi connectivity index (χ2v) is 8.27. The summed E-state index contributed by atoms with van der Waals surface area (Å²) in [6, 6.07) is 13.5. The van der Waals surface area contributed by atoms with Crippen LogP contribution < -0.4 is 9.47 Å². The Kier molecular flexibility index (Phi) is 4.43. The zero-order valence-corrected chi connectivity index (χ0v) is 17.2. The molecular weight excluding hydrogens is 400 g/mol. The molecule has 30 heavy (non-hydrogen) atoms. The largest absolute Gasteiger partial charge is 0.454 e. The predicted molar refractivity (Wildman–Crippen MR) is 117 cm³/mol. The Morgan fingerprint density at radius 2 is 1.90 bits per heavy atom. The van der Waals surface area contributed by atoms with Crippen LogP contribution >= 0.6 is 11.8 Å². The molecule has 3 aliphatic rings. The van der Waals surface area contributed by atoms with Crippen LogP contribution in [0.25, 0.3) is 6.08 Å². The van der Waals surface area contributed by atoms with E-state index in [9.17, 15) is 4.79 Å². The molecule has 2 aromatic carbocycles. The van der Waals surface area contributed by atoms with Gasteiger partial charge >= 0.3 is 0 Å². The Hall–Kier alpha value is -3.39. The van der Waals surface area contributed by atoms with Crippen molar-refractivity contribution in [2.45, 2.75) is 19.8 Å². The fraction of sp³-hybridized carbons (Fsp3) is 0.182. The molecule has 0 spiro atoms. The minimum absolute atomic E-state index is 0.0150. The van der Waals surface area contributed by atoms with Crippen molar-refractivity contribution in [1.29, 1.82) is 5.41 Å². The monoisotopic (exact) mass is 418 g/mol. The minimum Gasteiger partial charge on any atom is -0.454 e. The second kappa shape index (κ2) is 7.14. The smallest absolute Gasteiger partial charge is 0.283 e. The SMILES string of the molecule is CC(C)c1ccc(C=C2C(=N)N3N=C(c4ccc5c(c4)OCO5)SC3=NC2=O)cc1. The van der Waals surface area contributed by atoms with Gasteiger partial charge in [-0.15, -0.1) is 0 Å². The third-order valence-electron chi connectivity index (χ3n) is 4.99. The zero-order chi connectivity index (χ0) is 20.8. The van der Waals surface area contributed by atoms with Gasteiger partial charge in [0.1, 0.15) is 5.04 Å². The Labute approximate surface area is 177 Å². The lowest BCUT2D eigenvalue weighted by Gasteiger charge is -2.20. The van der Waals surface area contributed by atoms with Crippen molar-refractivity contribution in [2.75, 3.05) is 6.79 Å². The molecule has 8 heteroatoms. The van der Waals surface area contributed by atoms with Gasteiger partial charge in [0.2, 0.25) is 12.0 Å². The highest BCUT2D eigenvalue weighted by Gasteiger charge is 2.36. The van der Waals surface area contributed by atoms with E-state index in [1.165, 1.54) is 22.3 Å². The highest BCUT2D eigenvalue weighted by Crippen LogP contribution is 2.36. The minimum atomic E-state index is -0.436. The normalized spacial score (nSPS) is 18.8. The topological polar surface area (TPSA) is 87.3 Å². The summed E-state index contributed by atoms with van der Waals surface area (Å²) in [5, 5.41) is 15.5. The number of amides is 1. The van der Waals surface area contributed by atoms with Crippen molar-refractivity contribution in [3.63, 3.8) is 0 Å². The molecule has 150 valence electrons. The first-order chi connectivity index (χ1) is 14.5. The van der Waals surface area contributed by atoms with E-state index in [4.69, 9.17) is 14.9 Å². The zero-order valence-electron chi connectivity index (χ0n) is 16.4. The predicted octanol–water partition coefficient (Wildman–Crippen LogP) is 4.21. The van der Waals surface area contributed by atoms with Crippen molar-refractivity contribution in [1.82, 2.24) is 5.01 Å². The number of hydrogen-bond acceptors (Lipinski definition) is 6. The molecule has 0 unspecified atom stereocenters. The molecule has 0 saturated heterocycles. The van der Waals surface area contributed by atoms with Crippen LogP contribution in [-0.4, -0.2) is 33.8 Å². The van der Waals surface area contributed by atoms with Crippen LogP contribution in [-0.2, 0) is 4.79 Å². The number of carbonyl (C=O) groups excluding carboxylic acids is 1. The Bertz CT molecular complexity index is 1170. The number of ether oxygens (including phenoxy) is 2. The number of fused-ring (bicyclic) bond motifs is 2. The molecule has 0 aliphatic carbocycles. The molecule has 0 bridgehead atoms. The number of benzene rings is 2. The number of nitrogens with zero attached hydrogens (tertiary/aromatic N) is 3. The highest BCUT2D eigenvalue weighted by atomic mass is 32.2. The Morgan fingerprint density at radius 3 is 2.67 bits per heavy atom. The van der Waals surface area contributed by atoms with Crippen LogP contribution in [0.1, 0.15) is 36.5 Å². The maximum absolute atomic E-state index is 12.6. The van der Waals surface area contributed by atoms with E-state index in [0.717, 1.165) is 11.1 Å². The van der Waals surface area contributed by atoms with Crippen molar-refractivity contribution in [3.8, 4) is 11.5 Å². The summed E-state index contributed by atoms with van der Waals surface area (Å²) in [5.41, 5.74) is 3.10. The van der Waals surface area contributed by atoms with E-state index in [1.807, 2.05) is 42.5 Å². The van der Waals surface area contributed by atoms with Gasteiger partial charge in [-0.05, 0) is 53.1 Å². The van der Waals surface area contributed by atoms with E-state index in [0.29, 0.717) is 27.6 Å². The quantitative estimate of drug-likeness (QED) is 0.755. The van der Waals surface area contributed by atoms with Crippen LogP contribution in [0.3, 0.4) is 0 Å². The molecule has 1 amide bonds. The third-order valence-corrected chi connectivity index (χ3v) is 5.95. The van der Waals surface area contributed by atoms with Crippen LogP contribution in [0.4, 0.5) is 0 Å². The van der Waals surface area contributed by atoms with E-state index < -0.39 is 5.91 Å². The number of nitrogens with one attached hydrogen (secondary N) is 1. The first-order valence-electron chi connectivity index (χ1n) is 9.50. The van der Waals surface area contributed by atoms with Crippen LogP contribution in [0.15, 0.2) is 58.1 Å². The number of amidine groups is 2. The number of hydrogen-bond donors (Lipinski definition) is 1.